The van der Waals surface area contributed by atoms with Crippen molar-refractivity contribution >= 4 is 23.2 Å². The molecule has 0 aliphatic heterocycles. The summed E-state index contributed by atoms with van der Waals surface area (Å²) in [5, 5.41) is 21.1. The van der Waals surface area contributed by atoms with Gasteiger partial charge in [0.1, 0.15) is 0 Å². The van der Waals surface area contributed by atoms with Crippen LogP contribution in [0, 0.1) is 0 Å². The van der Waals surface area contributed by atoms with Crippen molar-refractivity contribution in [2.45, 2.75) is 44.6 Å². The van der Waals surface area contributed by atoms with Gasteiger partial charge in [-0.3, -0.25) is 9.59 Å². The molecule has 0 spiro atoms. The first-order chi connectivity index (χ1) is 9.37. The van der Waals surface area contributed by atoms with Crippen LogP contribution >= 0.6 is 11.3 Å². The zero-order chi connectivity index (χ0) is 14.8. The van der Waals surface area contributed by atoms with E-state index in [1.807, 2.05) is 6.07 Å². The van der Waals surface area contributed by atoms with E-state index in [4.69, 9.17) is 5.11 Å². The van der Waals surface area contributed by atoms with Crippen LogP contribution in [0.2, 0.25) is 0 Å². The lowest BCUT2D eigenvalue weighted by Gasteiger charge is -2.21. The summed E-state index contributed by atoms with van der Waals surface area (Å²) in [6.45, 7) is 1.33. The number of aliphatic hydroxyl groups is 1. The molecule has 6 heteroatoms. The van der Waals surface area contributed by atoms with Crippen molar-refractivity contribution in [1.82, 2.24) is 5.32 Å². The number of hydrogen-bond acceptors (Lipinski definition) is 4. The van der Waals surface area contributed by atoms with Gasteiger partial charge in [0, 0.05) is 11.4 Å². The van der Waals surface area contributed by atoms with Gasteiger partial charge < -0.3 is 15.5 Å². The molecule has 3 N–H and O–H groups in total. The van der Waals surface area contributed by atoms with Crippen molar-refractivity contribution < 1.29 is 19.8 Å². The summed E-state index contributed by atoms with van der Waals surface area (Å²) in [6.07, 6.45) is 3.99. The smallest absolute Gasteiger partial charge is 0.306 e. The summed E-state index contributed by atoms with van der Waals surface area (Å²) in [4.78, 5) is 24.5. The average molecular weight is 297 g/mol. The average Bonchev–Trinajstić information content (AvgIpc) is 2.78. The van der Waals surface area contributed by atoms with E-state index >= 15 is 0 Å². The Balaban J connectivity index is 1.95. The lowest BCUT2D eigenvalue weighted by Crippen LogP contribution is -2.41. The fourth-order valence-electron chi connectivity index (χ4n) is 2.35. The van der Waals surface area contributed by atoms with Crippen molar-refractivity contribution in [2.24, 2.45) is 0 Å². The Kier molecular flexibility index (Phi) is 4.45. The first-order valence-electron chi connectivity index (χ1n) is 6.71. The predicted molar refractivity (Wildman–Crippen MR) is 76.2 cm³/mol. The van der Waals surface area contributed by atoms with E-state index in [-0.39, 0.29) is 12.5 Å². The molecule has 0 bridgehead atoms. The molecule has 1 amide bonds. The molecule has 1 aromatic rings. The lowest BCUT2D eigenvalue weighted by atomic mass is 9.99. The third-order valence-corrected chi connectivity index (χ3v) is 4.62. The van der Waals surface area contributed by atoms with Crippen LogP contribution in [0.4, 0.5) is 0 Å². The van der Waals surface area contributed by atoms with Crippen molar-refractivity contribution in [3.8, 4) is 0 Å². The van der Waals surface area contributed by atoms with Gasteiger partial charge in [0.25, 0.3) is 5.91 Å². The van der Waals surface area contributed by atoms with Gasteiger partial charge in [0.2, 0.25) is 0 Å². The molecule has 2 rings (SSSR count). The van der Waals surface area contributed by atoms with E-state index in [0.29, 0.717) is 4.88 Å². The maximum Gasteiger partial charge on any atom is 0.306 e. The van der Waals surface area contributed by atoms with Crippen LogP contribution in [0.5, 0.6) is 0 Å². The van der Waals surface area contributed by atoms with Gasteiger partial charge in [-0.15, -0.1) is 11.3 Å². The Bertz CT molecular complexity index is 498. The second-order valence-electron chi connectivity index (χ2n) is 5.52. The molecule has 1 heterocycles. The number of carboxylic acids is 1. The number of fused-ring (bicyclic) bond motifs is 1. The SMILES string of the molecule is CC(O)(CNC(=O)c1cc2c(s1)CCCC2)CC(=O)O. The zero-order valence-electron chi connectivity index (χ0n) is 11.4. The van der Waals surface area contributed by atoms with Crippen LogP contribution in [0.3, 0.4) is 0 Å². The highest BCUT2D eigenvalue weighted by Gasteiger charge is 2.25. The minimum absolute atomic E-state index is 0.0687. The number of aliphatic carboxylic acids is 1. The molecule has 1 unspecified atom stereocenters. The van der Waals surface area contributed by atoms with Crippen LogP contribution in [0.1, 0.15) is 46.3 Å². The van der Waals surface area contributed by atoms with E-state index in [2.05, 4.69) is 5.32 Å². The largest absolute Gasteiger partial charge is 0.481 e. The summed E-state index contributed by atoms with van der Waals surface area (Å²) in [7, 11) is 0. The summed E-state index contributed by atoms with van der Waals surface area (Å²) in [5.74, 6) is -1.33. The lowest BCUT2D eigenvalue weighted by molar-refractivity contribution is -0.141. The second-order valence-corrected chi connectivity index (χ2v) is 6.65. The van der Waals surface area contributed by atoms with E-state index in [1.165, 1.54) is 35.1 Å². The van der Waals surface area contributed by atoms with Gasteiger partial charge in [0.05, 0.1) is 16.9 Å². The number of carboxylic acid groups (broad SMARTS) is 1. The molecule has 20 heavy (non-hydrogen) atoms. The van der Waals surface area contributed by atoms with Crippen LogP contribution in [0.25, 0.3) is 0 Å². The highest BCUT2D eigenvalue weighted by molar-refractivity contribution is 7.14. The molecule has 5 nitrogen and oxygen atoms in total. The predicted octanol–water partition coefficient (Wildman–Crippen LogP) is 1.58. The standard InChI is InChI=1S/C14H19NO4S/c1-14(19,7-12(16)17)8-15-13(18)11-6-9-4-2-3-5-10(9)20-11/h6,19H,2-5,7-8H2,1H3,(H,15,18)(H,16,17). The third-order valence-electron chi connectivity index (χ3n) is 3.38. The van der Waals surface area contributed by atoms with Gasteiger partial charge in [-0.05, 0) is 44.2 Å². The minimum Gasteiger partial charge on any atom is -0.481 e. The number of nitrogens with one attached hydrogen (secondary N) is 1. The second kappa shape index (κ2) is 5.93. The Hall–Kier alpha value is -1.40. The molecule has 1 aliphatic carbocycles. The molecular weight excluding hydrogens is 278 g/mol. The normalized spacial score (nSPS) is 17.1. The van der Waals surface area contributed by atoms with Gasteiger partial charge in [-0.2, -0.15) is 0 Å². The molecule has 1 aromatic heterocycles. The number of amides is 1. The number of rotatable bonds is 5. The summed E-state index contributed by atoms with van der Waals surface area (Å²) < 4.78 is 0. The summed E-state index contributed by atoms with van der Waals surface area (Å²) in [6, 6.07) is 1.92. The monoisotopic (exact) mass is 297 g/mol. The Labute approximate surface area is 121 Å². The topological polar surface area (TPSA) is 86.6 Å². The third kappa shape index (κ3) is 3.80. The molecule has 1 aliphatic rings. The molecule has 0 fully saturated rings. The molecule has 0 radical (unpaired) electrons. The van der Waals surface area contributed by atoms with Crippen molar-refractivity contribution in [2.75, 3.05) is 6.54 Å². The van der Waals surface area contributed by atoms with Crippen LogP contribution in [-0.2, 0) is 17.6 Å². The van der Waals surface area contributed by atoms with Crippen LogP contribution in [0.15, 0.2) is 6.07 Å². The molecule has 1 atom stereocenters. The highest BCUT2D eigenvalue weighted by atomic mass is 32.1. The number of carbonyl (C=O) groups excluding carboxylic acids is 1. The Morgan fingerprint density at radius 3 is 2.75 bits per heavy atom. The highest BCUT2D eigenvalue weighted by Crippen LogP contribution is 2.29. The van der Waals surface area contributed by atoms with Crippen molar-refractivity contribution in [3.05, 3.63) is 21.4 Å². The molecule has 110 valence electrons. The number of thiophene rings is 1. The first-order valence-corrected chi connectivity index (χ1v) is 7.53. The number of aryl methyl sites for hydroxylation is 2. The fraction of sp³-hybridized carbons (Fsp3) is 0.571. The van der Waals surface area contributed by atoms with Crippen molar-refractivity contribution in [1.29, 1.82) is 0 Å². The summed E-state index contributed by atoms with van der Waals surface area (Å²) >= 11 is 1.50. The van der Waals surface area contributed by atoms with E-state index in [1.54, 1.807) is 0 Å². The van der Waals surface area contributed by atoms with Crippen LogP contribution < -0.4 is 5.32 Å². The first kappa shape index (κ1) is 15.0. The molecule has 0 aromatic carbocycles. The Morgan fingerprint density at radius 2 is 2.10 bits per heavy atom. The molecular formula is C14H19NO4S. The quantitative estimate of drug-likeness (QED) is 0.770. The number of hydrogen-bond donors (Lipinski definition) is 3. The minimum atomic E-state index is -1.43. The fourth-order valence-corrected chi connectivity index (χ4v) is 3.52. The number of carbonyl (C=O) groups is 2. The van der Waals surface area contributed by atoms with Gasteiger partial charge in [-0.1, -0.05) is 0 Å². The maximum absolute atomic E-state index is 12.0. The Morgan fingerprint density at radius 1 is 1.40 bits per heavy atom. The molecule has 0 saturated carbocycles. The van der Waals surface area contributed by atoms with Crippen molar-refractivity contribution in [3.63, 3.8) is 0 Å². The van der Waals surface area contributed by atoms with Gasteiger partial charge in [-0.25, -0.2) is 0 Å². The van der Waals surface area contributed by atoms with Crippen LogP contribution in [-0.4, -0.2) is 34.2 Å². The van der Waals surface area contributed by atoms with E-state index < -0.39 is 18.0 Å². The summed E-state index contributed by atoms with van der Waals surface area (Å²) in [5.41, 5.74) is -0.179. The molecule has 0 saturated heterocycles. The van der Waals surface area contributed by atoms with Gasteiger partial charge in [0.15, 0.2) is 0 Å². The van der Waals surface area contributed by atoms with E-state index in [0.717, 1.165) is 19.3 Å². The maximum atomic E-state index is 12.0. The zero-order valence-corrected chi connectivity index (χ0v) is 12.3. The van der Waals surface area contributed by atoms with E-state index in [9.17, 15) is 14.7 Å². The van der Waals surface area contributed by atoms with Gasteiger partial charge >= 0.3 is 5.97 Å².